The third-order valence-corrected chi connectivity index (χ3v) is 6.38. The molecule has 0 unspecified atom stereocenters. The van der Waals surface area contributed by atoms with Gasteiger partial charge < -0.3 is 14.4 Å². The molecule has 1 aliphatic rings. The van der Waals surface area contributed by atoms with E-state index in [2.05, 4.69) is 0 Å². The molecule has 0 radical (unpaired) electrons. The van der Waals surface area contributed by atoms with Crippen LogP contribution in [0.25, 0.3) is 22.1 Å². The van der Waals surface area contributed by atoms with Crippen molar-refractivity contribution in [3.05, 3.63) is 70.1 Å². The average molecular weight is 434 g/mol. The molecule has 6 heteroatoms. The molecule has 166 valence electrons. The fourth-order valence-corrected chi connectivity index (χ4v) is 4.50. The van der Waals surface area contributed by atoms with E-state index in [9.17, 15) is 19.5 Å². The van der Waals surface area contributed by atoms with Crippen LogP contribution >= 0.6 is 0 Å². The summed E-state index contributed by atoms with van der Waals surface area (Å²) in [6.07, 6.45) is 1.60. The lowest BCUT2D eigenvalue weighted by Gasteiger charge is -2.31. The third kappa shape index (κ3) is 4.44. The molecule has 32 heavy (non-hydrogen) atoms. The van der Waals surface area contributed by atoms with Crippen LogP contribution in [0.4, 0.5) is 0 Å². The molecule has 1 saturated heterocycles. The van der Waals surface area contributed by atoms with Crippen LogP contribution in [0.2, 0.25) is 0 Å². The summed E-state index contributed by atoms with van der Waals surface area (Å²) in [6.45, 7) is 4.84. The smallest absolute Gasteiger partial charge is 0.336 e. The number of benzene rings is 2. The van der Waals surface area contributed by atoms with Gasteiger partial charge in [0.2, 0.25) is 5.91 Å². The minimum Gasteiger partial charge on any atom is -0.481 e. The summed E-state index contributed by atoms with van der Waals surface area (Å²) in [7, 11) is 0. The summed E-state index contributed by atoms with van der Waals surface area (Å²) in [5, 5.41) is 10.1. The fraction of sp³-hybridized carbons (Fsp3) is 0.346. The zero-order chi connectivity index (χ0) is 22.8. The van der Waals surface area contributed by atoms with E-state index in [0.717, 1.165) is 27.6 Å². The lowest BCUT2D eigenvalue weighted by Crippen LogP contribution is -2.42. The van der Waals surface area contributed by atoms with Gasteiger partial charge >= 0.3 is 11.6 Å². The summed E-state index contributed by atoms with van der Waals surface area (Å²) in [6, 6.07) is 15.2. The van der Waals surface area contributed by atoms with Gasteiger partial charge in [-0.1, -0.05) is 43.3 Å². The molecule has 1 aromatic heterocycles. The van der Waals surface area contributed by atoms with Gasteiger partial charge in [-0.25, -0.2) is 4.79 Å². The number of fused-ring (bicyclic) bond motifs is 1. The molecule has 2 aromatic carbocycles. The van der Waals surface area contributed by atoms with Crippen LogP contribution in [-0.4, -0.2) is 35.0 Å². The Morgan fingerprint density at radius 1 is 1.16 bits per heavy atom. The van der Waals surface area contributed by atoms with Crippen LogP contribution in [0.1, 0.15) is 43.2 Å². The van der Waals surface area contributed by atoms with Gasteiger partial charge in [-0.05, 0) is 48.4 Å². The van der Waals surface area contributed by atoms with Gasteiger partial charge in [-0.3, -0.25) is 9.59 Å². The molecule has 0 spiro atoms. The second-order valence-electron chi connectivity index (χ2n) is 8.67. The van der Waals surface area contributed by atoms with Gasteiger partial charge in [0.25, 0.3) is 0 Å². The number of aryl methyl sites for hydroxylation is 1. The lowest BCUT2D eigenvalue weighted by atomic mass is 9.92. The highest BCUT2D eigenvalue weighted by Gasteiger charge is 2.28. The van der Waals surface area contributed by atoms with Gasteiger partial charge in [0, 0.05) is 36.5 Å². The molecule has 1 fully saturated rings. The molecular weight excluding hydrogens is 406 g/mol. The number of carbonyl (C=O) groups excluding carboxylic acids is 1. The fourth-order valence-electron chi connectivity index (χ4n) is 4.50. The highest BCUT2D eigenvalue weighted by molar-refractivity contribution is 5.94. The van der Waals surface area contributed by atoms with E-state index in [1.165, 1.54) is 6.07 Å². The maximum absolute atomic E-state index is 12.8. The van der Waals surface area contributed by atoms with E-state index >= 15 is 0 Å². The number of piperidine rings is 1. The first-order chi connectivity index (χ1) is 15.3. The Kier molecular flexibility index (Phi) is 6.12. The number of carboxylic acids is 1. The van der Waals surface area contributed by atoms with Gasteiger partial charge in [-0.15, -0.1) is 0 Å². The maximum Gasteiger partial charge on any atom is 0.336 e. The quantitative estimate of drug-likeness (QED) is 0.595. The van der Waals surface area contributed by atoms with E-state index in [0.29, 0.717) is 25.0 Å². The van der Waals surface area contributed by atoms with E-state index in [1.807, 2.05) is 56.3 Å². The van der Waals surface area contributed by atoms with E-state index < -0.39 is 17.5 Å². The Bertz CT molecular complexity index is 1230. The van der Waals surface area contributed by atoms with Crippen molar-refractivity contribution in [3.8, 4) is 11.1 Å². The Morgan fingerprint density at radius 3 is 2.69 bits per heavy atom. The number of carboxylic acid groups (broad SMARTS) is 1. The second kappa shape index (κ2) is 8.99. The highest BCUT2D eigenvalue weighted by atomic mass is 16.4. The van der Waals surface area contributed by atoms with Crippen molar-refractivity contribution < 1.29 is 19.1 Å². The number of amides is 1. The monoisotopic (exact) mass is 433 g/mol. The summed E-state index contributed by atoms with van der Waals surface area (Å²) < 4.78 is 5.50. The Labute approximate surface area is 186 Å². The van der Waals surface area contributed by atoms with Crippen LogP contribution in [-0.2, 0) is 9.59 Å². The summed E-state index contributed by atoms with van der Waals surface area (Å²) in [4.78, 5) is 38.0. The summed E-state index contributed by atoms with van der Waals surface area (Å²) in [5.41, 5.74) is 3.88. The molecule has 0 bridgehead atoms. The van der Waals surface area contributed by atoms with Crippen molar-refractivity contribution in [1.82, 2.24) is 4.90 Å². The zero-order valence-electron chi connectivity index (χ0n) is 18.3. The van der Waals surface area contributed by atoms with Crippen LogP contribution in [0.15, 0.2) is 57.7 Å². The molecule has 1 aliphatic heterocycles. The molecule has 1 amide bonds. The number of carbonyl (C=O) groups is 2. The number of hydrogen-bond donors (Lipinski definition) is 1. The second-order valence-corrected chi connectivity index (χ2v) is 8.67. The first-order valence-electron chi connectivity index (χ1n) is 11.0. The lowest BCUT2D eigenvalue weighted by molar-refractivity contribution is -0.145. The normalized spacial score (nSPS) is 17.3. The minimum atomic E-state index is -0.843. The molecule has 0 saturated carbocycles. The number of aliphatic carboxylic acids is 1. The van der Waals surface area contributed by atoms with Crippen molar-refractivity contribution in [3.63, 3.8) is 0 Å². The van der Waals surface area contributed by atoms with Crippen molar-refractivity contribution in [2.24, 2.45) is 5.92 Å². The van der Waals surface area contributed by atoms with Crippen LogP contribution < -0.4 is 5.63 Å². The van der Waals surface area contributed by atoms with E-state index in [1.54, 1.807) is 4.90 Å². The molecule has 0 aliphatic carbocycles. The summed E-state index contributed by atoms with van der Waals surface area (Å²) >= 11 is 0. The Hall–Kier alpha value is -3.41. The van der Waals surface area contributed by atoms with Gasteiger partial charge in [-0.2, -0.15) is 0 Å². The Balaban J connectivity index is 1.59. The van der Waals surface area contributed by atoms with E-state index in [-0.39, 0.29) is 24.8 Å². The first kappa shape index (κ1) is 21.8. The van der Waals surface area contributed by atoms with Crippen molar-refractivity contribution in [2.75, 3.05) is 13.1 Å². The number of rotatable bonds is 5. The van der Waals surface area contributed by atoms with Crippen molar-refractivity contribution in [1.29, 1.82) is 0 Å². The highest BCUT2D eigenvalue weighted by Crippen LogP contribution is 2.32. The minimum absolute atomic E-state index is 0.0429. The number of nitrogens with zero attached hydrogens (tertiary/aromatic N) is 1. The average Bonchev–Trinajstić information content (AvgIpc) is 2.78. The molecule has 3 aromatic rings. The van der Waals surface area contributed by atoms with Gasteiger partial charge in [0.05, 0.1) is 5.92 Å². The standard InChI is InChI=1S/C26H27NO5/c1-16-6-3-4-8-20(16)22-14-25(29)32-23-13-18(9-10-21(22)23)17(2)12-24(28)27-11-5-7-19(15-27)26(30)31/h3-4,6,8-10,13-14,17,19H,5,7,11-12,15H2,1-2H3,(H,30,31)/t17-,19-/m0/s1. The molecule has 2 atom stereocenters. The van der Waals surface area contributed by atoms with Gasteiger partial charge in [0.1, 0.15) is 5.58 Å². The van der Waals surface area contributed by atoms with Crippen molar-refractivity contribution in [2.45, 2.75) is 39.0 Å². The number of likely N-dealkylation sites (tertiary alicyclic amines) is 1. The molecular formula is C26H27NO5. The molecule has 2 heterocycles. The van der Waals surface area contributed by atoms with Gasteiger partial charge in [0.15, 0.2) is 0 Å². The molecule has 6 nitrogen and oxygen atoms in total. The third-order valence-electron chi connectivity index (χ3n) is 6.38. The molecule has 1 N–H and O–H groups in total. The van der Waals surface area contributed by atoms with Crippen LogP contribution in [0, 0.1) is 12.8 Å². The SMILES string of the molecule is Cc1ccccc1-c1cc(=O)oc2cc([C@@H](C)CC(=O)N3CCC[C@H](C(=O)O)C3)ccc12. The first-order valence-corrected chi connectivity index (χ1v) is 11.0. The maximum atomic E-state index is 12.8. The van der Waals surface area contributed by atoms with Crippen molar-refractivity contribution >= 4 is 22.8 Å². The topological polar surface area (TPSA) is 87.8 Å². The molecule has 4 rings (SSSR count). The number of hydrogen-bond acceptors (Lipinski definition) is 4. The predicted octanol–water partition coefficient (Wildman–Crippen LogP) is 4.59. The zero-order valence-corrected chi connectivity index (χ0v) is 18.3. The predicted molar refractivity (Wildman–Crippen MR) is 123 cm³/mol. The largest absolute Gasteiger partial charge is 0.481 e. The van der Waals surface area contributed by atoms with E-state index in [4.69, 9.17) is 4.42 Å². The van der Waals surface area contributed by atoms with Crippen LogP contribution in [0.3, 0.4) is 0 Å². The Morgan fingerprint density at radius 2 is 1.94 bits per heavy atom. The summed E-state index contributed by atoms with van der Waals surface area (Å²) in [5.74, 6) is -1.47. The van der Waals surface area contributed by atoms with Crippen LogP contribution in [0.5, 0.6) is 0 Å².